The lowest BCUT2D eigenvalue weighted by molar-refractivity contribution is 0.479. The number of hydrogen-bond donors (Lipinski definition) is 1. The summed E-state index contributed by atoms with van der Waals surface area (Å²) in [4.78, 5) is 0. The van der Waals surface area contributed by atoms with E-state index in [1.54, 1.807) is 18.2 Å². The number of nitrogens with zero attached hydrogens (tertiary/aromatic N) is 1. The minimum atomic E-state index is -0.479. The molecule has 2 rings (SSSR count). The maximum absolute atomic E-state index is 13.0. The summed E-state index contributed by atoms with van der Waals surface area (Å²) in [6.45, 7) is 0. The molecule has 0 atom stereocenters. The molecular formula is C13H8BrFN2O. The van der Waals surface area contributed by atoms with Crippen LogP contribution in [0.4, 0.5) is 10.1 Å². The molecule has 0 fully saturated rings. The standard InChI is InChI=1S/C13H8BrFN2O/c14-9-4-11(17)6-12(5-9)18-13-2-1-10(15)3-8(13)7-16/h1-6H,17H2. The number of rotatable bonds is 2. The molecule has 5 heteroatoms. The first-order valence-electron chi connectivity index (χ1n) is 5.02. The summed E-state index contributed by atoms with van der Waals surface area (Å²) in [6.07, 6.45) is 0. The Morgan fingerprint density at radius 2 is 2.00 bits per heavy atom. The van der Waals surface area contributed by atoms with Crippen LogP contribution < -0.4 is 10.5 Å². The molecule has 2 aromatic carbocycles. The monoisotopic (exact) mass is 306 g/mol. The van der Waals surface area contributed by atoms with Gasteiger partial charge in [-0.1, -0.05) is 15.9 Å². The second-order valence-electron chi connectivity index (χ2n) is 3.57. The Labute approximate surface area is 112 Å². The lowest BCUT2D eigenvalue weighted by Crippen LogP contribution is -1.91. The molecule has 0 saturated heterocycles. The van der Waals surface area contributed by atoms with Crippen LogP contribution in [0.25, 0.3) is 0 Å². The van der Waals surface area contributed by atoms with Gasteiger partial charge in [0.25, 0.3) is 0 Å². The quantitative estimate of drug-likeness (QED) is 0.858. The molecule has 2 aromatic rings. The van der Waals surface area contributed by atoms with Crippen molar-refractivity contribution in [3.63, 3.8) is 0 Å². The fourth-order valence-corrected chi connectivity index (χ4v) is 1.94. The Morgan fingerprint density at radius 3 is 2.67 bits per heavy atom. The van der Waals surface area contributed by atoms with E-state index < -0.39 is 5.82 Å². The number of anilines is 1. The SMILES string of the molecule is N#Cc1cc(F)ccc1Oc1cc(N)cc(Br)c1. The minimum absolute atomic E-state index is 0.133. The van der Waals surface area contributed by atoms with E-state index in [2.05, 4.69) is 15.9 Å². The van der Waals surface area contributed by atoms with Crippen LogP contribution in [0.2, 0.25) is 0 Å². The van der Waals surface area contributed by atoms with Gasteiger partial charge in [-0.3, -0.25) is 0 Å². The third kappa shape index (κ3) is 2.79. The Balaban J connectivity index is 2.37. The van der Waals surface area contributed by atoms with Crippen LogP contribution in [0.1, 0.15) is 5.56 Å². The number of nitrogens with two attached hydrogens (primary N) is 1. The number of hydrogen-bond acceptors (Lipinski definition) is 3. The van der Waals surface area contributed by atoms with Gasteiger partial charge in [0.2, 0.25) is 0 Å². The van der Waals surface area contributed by atoms with Crippen LogP contribution in [0.5, 0.6) is 11.5 Å². The molecule has 0 amide bonds. The smallest absolute Gasteiger partial charge is 0.145 e. The van der Waals surface area contributed by atoms with Gasteiger partial charge in [-0.25, -0.2) is 4.39 Å². The molecule has 0 heterocycles. The molecule has 90 valence electrons. The van der Waals surface area contributed by atoms with Crippen LogP contribution in [-0.4, -0.2) is 0 Å². The van der Waals surface area contributed by atoms with E-state index in [9.17, 15) is 4.39 Å². The van der Waals surface area contributed by atoms with Crippen molar-refractivity contribution >= 4 is 21.6 Å². The van der Waals surface area contributed by atoms with Gasteiger partial charge in [0.1, 0.15) is 23.4 Å². The van der Waals surface area contributed by atoms with E-state index in [-0.39, 0.29) is 11.3 Å². The average molecular weight is 307 g/mol. The number of nitrogen functional groups attached to an aromatic ring is 1. The summed E-state index contributed by atoms with van der Waals surface area (Å²) < 4.78 is 19.2. The van der Waals surface area contributed by atoms with Gasteiger partial charge in [-0.2, -0.15) is 5.26 Å². The van der Waals surface area contributed by atoms with Crippen molar-refractivity contribution in [1.82, 2.24) is 0 Å². The Bertz CT molecular complexity index is 617. The van der Waals surface area contributed by atoms with Crippen LogP contribution >= 0.6 is 15.9 Å². The predicted octanol–water partition coefficient (Wildman–Crippen LogP) is 3.83. The van der Waals surface area contributed by atoms with Gasteiger partial charge in [-0.05, 0) is 30.3 Å². The van der Waals surface area contributed by atoms with Gasteiger partial charge in [0, 0.05) is 16.2 Å². The highest BCUT2D eigenvalue weighted by molar-refractivity contribution is 9.10. The van der Waals surface area contributed by atoms with Crippen molar-refractivity contribution in [2.45, 2.75) is 0 Å². The zero-order valence-electron chi connectivity index (χ0n) is 9.15. The summed E-state index contributed by atoms with van der Waals surface area (Å²) in [6, 6.07) is 10.7. The third-order valence-electron chi connectivity index (χ3n) is 2.18. The number of nitriles is 1. The summed E-state index contributed by atoms with van der Waals surface area (Å²) in [7, 11) is 0. The topological polar surface area (TPSA) is 59.0 Å². The van der Waals surface area contributed by atoms with Gasteiger partial charge in [0.05, 0.1) is 5.56 Å². The van der Waals surface area contributed by atoms with E-state index in [4.69, 9.17) is 15.7 Å². The van der Waals surface area contributed by atoms with Crippen molar-refractivity contribution in [3.05, 3.63) is 52.3 Å². The Hall–Kier alpha value is -2.06. The molecule has 0 saturated carbocycles. The van der Waals surface area contributed by atoms with Crippen molar-refractivity contribution in [2.75, 3.05) is 5.73 Å². The highest BCUT2D eigenvalue weighted by atomic mass is 79.9. The fourth-order valence-electron chi connectivity index (χ4n) is 1.45. The summed E-state index contributed by atoms with van der Waals surface area (Å²) >= 11 is 3.29. The zero-order valence-corrected chi connectivity index (χ0v) is 10.7. The van der Waals surface area contributed by atoms with Gasteiger partial charge in [0.15, 0.2) is 0 Å². The van der Waals surface area contributed by atoms with E-state index in [0.717, 1.165) is 10.5 Å². The summed E-state index contributed by atoms with van der Waals surface area (Å²) in [5.41, 5.74) is 6.33. The summed E-state index contributed by atoms with van der Waals surface area (Å²) in [5.74, 6) is 0.286. The first-order valence-corrected chi connectivity index (χ1v) is 5.81. The molecular weight excluding hydrogens is 299 g/mol. The predicted molar refractivity (Wildman–Crippen MR) is 69.7 cm³/mol. The first kappa shape index (κ1) is 12.4. The lowest BCUT2D eigenvalue weighted by Gasteiger charge is -2.08. The second kappa shape index (κ2) is 5.07. The van der Waals surface area contributed by atoms with Crippen molar-refractivity contribution in [3.8, 4) is 17.6 Å². The molecule has 2 N–H and O–H groups in total. The molecule has 3 nitrogen and oxygen atoms in total. The van der Waals surface area contributed by atoms with Gasteiger partial charge >= 0.3 is 0 Å². The number of halogens is 2. The highest BCUT2D eigenvalue weighted by Gasteiger charge is 2.07. The number of ether oxygens (including phenoxy) is 1. The van der Waals surface area contributed by atoms with Crippen LogP contribution in [0, 0.1) is 17.1 Å². The van der Waals surface area contributed by atoms with Crippen molar-refractivity contribution in [2.24, 2.45) is 0 Å². The van der Waals surface area contributed by atoms with Gasteiger partial charge in [-0.15, -0.1) is 0 Å². The van der Waals surface area contributed by atoms with E-state index in [1.165, 1.54) is 12.1 Å². The molecule has 0 aliphatic heterocycles. The van der Waals surface area contributed by atoms with Crippen LogP contribution in [-0.2, 0) is 0 Å². The highest BCUT2D eigenvalue weighted by Crippen LogP contribution is 2.29. The van der Waals surface area contributed by atoms with E-state index >= 15 is 0 Å². The maximum Gasteiger partial charge on any atom is 0.145 e. The van der Waals surface area contributed by atoms with Crippen molar-refractivity contribution < 1.29 is 9.13 Å². The molecule has 0 aliphatic rings. The largest absolute Gasteiger partial charge is 0.456 e. The zero-order chi connectivity index (χ0) is 13.1. The Kier molecular flexibility index (Phi) is 3.49. The molecule has 0 spiro atoms. The first-order chi connectivity index (χ1) is 8.58. The lowest BCUT2D eigenvalue weighted by atomic mass is 10.2. The third-order valence-corrected chi connectivity index (χ3v) is 2.64. The van der Waals surface area contributed by atoms with Crippen molar-refractivity contribution in [1.29, 1.82) is 5.26 Å². The van der Waals surface area contributed by atoms with E-state index in [1.807, 2.05) is 6.07 Å². The Morgan fingerprint density at radius 1 is 1.22 bits per heavy atom. The molecule has 0 bridgehead atoms. The van der Waals surface area contributed by atoms with Crippen LogP contribution in [0.3, 0.4) is 0 Å². The maximum atomic E-state index is 13.0. The molecule has 0 unspecified atom stereocenters. The van der Waals surface area contributed by atoms with E-state index in [0.29, 0.717) is 11.4 Å². The molecule has 18 heavy (non-hydrogen) atoms. The molecule has 0 radical (unpaired) electrons. The average Bonchev–Trinajstić information content (AvgIpc) is 2.30. The number of benzene rings is 2. The van der Waals surface area contributed by atoms with Crippen LogP contribution in [0.15, 0.2) is 40.9 Å². The van der Waals surface area contributed by atoms with Gasteiger partial charge < -0.3 is 10.5 Å². The second-order valence-corrected chi connectivity index (χ2v) is 4.49. The summed E-state index contributed by atoms with van der Waals surface area (Å²) in [5, 5.41) is 8.90. The minimum Gasteiger partial charge on any atom is -0.456 e. The molecule has 0 aliphatic carbocycles. The normalized spacial score (nSPS) is 9.83. The molecule has 0 aromatic heterocycles. The fraction of sp³-hybridized carbons (Fsp3) is 0.